The summed E-state index contributed by atoms with van der Waals surface area (Å²) >= 11 is 8.32. The van der Waals surface area contributed by atoms with Crippen molar-refractivity contribution in [3.63, 3.8) is 0 Å². The van der Waals surface area contributed by atoms with Crippen LogP contribution in [0.25, 0.3) is 0 Å². The number of hydrogen-bond donors (Lipinski definition) is 1. The average molecular weight is 309 g/mol. The third-order valence-corrected chi connectivity index (χ3v) is 6.77. The lowest BCUT2D eigenvalue weighted by atomic mass is 10.5. The lowest BCUT2D eigenvalue weighted by molar-refractivity contribution is 0.600. The van der Waals surface area contributed by atoms with E-state index in [1.54, 1.807) is 6.07 Å². The molecule has 0 saturated heterocycles. The Labute approximate surface area is 113 Å². The standard InChI is InChI=1S/C9H9ClN2O2S3/c10-7-3-6-8(16-7)17(13,14)12-9(11-6)15-4-5-1-2-5/h3,5H,1-2,4H2,(H,11,12). The Morgan fingerprint density at radius 3 is 3.06 bits per heavy atom. The number of nitrogens with one attached hydrogen (secondary N) is 1. The van der Waals surface area contributed by atoms with E-state index in [2.05, 4.69) is 9.71 Å². The fourth-order valence-electron chi connectivity index (χ4n) is 1.46. The summed E-state index contributed by atoms with van der Waals surface area (Å²) in [5.41, 5.74) is 0.549. The number of thioether (sulfide) groups is 1. The Hall–Kier alpha value is -0.240. The summed E-state index contributed by atoms with van der Waals surface area (Å²) in [6.07, 6.45) is 2.48. The van der Waals surface area contributed by atoms with Crippen LogP contribution < -0.4 is 5.32 Å². The molecule has 2 heterocycles. The van der Waals surface area contributed by atoms with Crippen LogP contribution in [-0.2, 0) is 10.0 Å². The zero-order chi connectivity index (χ0) is 12.0. The number of thiophene rings is 1. The van der Waals surface area contributed by atoms with Crippen LogP contribution in [0.5, 0.6) is 0 Å². The molecule has 1 aromatic rings. The van der Waals surface area contributed by atoms with Crippen LogP contribution in [0.4, 0.5) is 5.69 Å². The number of nitrogens with zero attached hydrogens (tertiary/aromatic N) is 1. The Bertz CT molecular complexity index is 589. The third-order valence-electron chi connectivity index (χ3n) is 2.50. The van der Waals surface area contributed by atoms with E-state index in [9.17, 15) is 8.42 Å². The summed E-state index contributed by atoms with van der Waals surface area (Å²) < 4.78 is 28.2. The number of anilines is 1. The van der Waals surface area contributed by atoms with Crippen LogP contribution in [0.2, 0.25) is 4.34 Å². The minimum atomic E-state index is -3.56. The van der Waals surface area contributed by atoms with Gasteiger partial charge in [0.2, 0.25) is 0 Å². The molecular weight excluding hydrogens is 300 g/mol. The molecule has 4 nitrogen and oxygen atoms in total. The first-order chi connectivity index (χ1) is 8.04. The van der Waals surface area contributed by atoms with E-state index in [4.69, 9.17) is 11.6 Å². The molecule has 0 unspecified atom stereocenters. The number of rotatable bonds is 2. The monoisotopic (exact) mass is 308 g/mol. The third kappa shape index (κ3) is 2.47. The first-order valence-electron chi connectivity index (χ1n) is 5.09. The van der Waals surface area contributed by atoms with Gasteiger partial charge in [-0.15, -0.1) is 15.7 Å². The maximum atomic E-state index is 11.9. The lowest BCUT2D eigenvalue weighted by Gasteiger charge is -2.13. The molecule has 3 rings (SSSR count). The highest BCUT2D eigenvalue weighted by Gasteiger charge is 2.29. The van der Waals surface area contributed by atoms with Crippen LogP contribution in [0, 0.1) is 5.92 Å². The normalized spacial score (nSPS) is 21.6. The van der Waals surface area contributed by atoms with Gasteiger partial charge in [-0.3, -0.25) is 0 Å². The quantitative estimate of drug-likeness (QED) is 0.912. The van der Waals surface area contributed by atoms with Crippen molar-refractivity contribution < 1.29 is 8.42 Å². The van der Waals surface area contributed by atoms with Gasteiger partial charge >= 0.3 is 0 Å². The second kappa shape index (κ2) is 4.15. The first-order valence-corrected chi connectivity index (χ1v) is 8.71. The summed E-state index contributed by atoms with van der Waals surface area (Å²) in [6, 6.07) is 1.63. The van der Waals surface area contributed by atoms with Crippen LogP contribution in [0.15, 0.2) is 14.7 Å². The molecule has 0 aromatic carbocycles. The van der Waals surface area contributed by atoms with Gasteiger partial charge in [0.1, 0.15) is 0 Å². The van der Waals surface area contributed by atoms with Gasteiger partial charge in [0.15, 0.2) is 9.38 Å². The highest BCUT2D eigenvalue weighted by Crippen LogP contribution is 2.40. The van der Waals surface area contributed by atoms with Crippen molar-refractivity contribution in [1.82, 2.24) is 0 Å². The van der Waals surface area contributed by atoms with Crippen LogP contribution >= 0.6 is 34.7 Å². The van der Waals surface area contributed by atoms with Crippen molar-refractivity contribution in [1.29, 1.82) is 0 Å². The van der Waals surface area contributed by atoms with E-state index in [0.717, 1.165) is 23.0 Å². The molecule has 8 heteroatoms. The van der Waals surface area contributed by atoms with Crippen LogP contribution in [-0.4, -0.2) is 19.3 Å². The number of hydrogen-bond acceptors (Lipinski definition) is 5. The first kappa shape index (κ1) is 11.8. The van der Waals surface area contributed by atoms with Crippen LogP contribution in [0.3, 0.4) is 0 Å². The van der Waals surface area contributed by atoms with Crippen molar-refractivity contribution >= 4 is 55.6 Å². The molecule has 0 amide bonds. The van der Waals surface area contributed by atoms with E-state index in [1.165, 1.54) is 24.6 Å². The highest BCUT2D eigenvalue weighted by molar-refractivity contribution is 8.15. The van der Waals surface area contributed by atoms with Crippen molar-refractivity contribution in [3.8, 4) is 0 Å². The predicted octanol–water partition coefficient (Wildman–Crippen LogP) is 3.01. The predicted molar refractivity (Wildman–Crippen MR) is 72.8 cm³/mol. The van der Waals surface area contributed by atoms with E-state index < -0.39 is 10.0 Å². The molecule has 1 saturated carbocycles. The number of fused-ring (bicyclic) bond motifs is 1. The minimum absolute atomic E-state index is 0.207. The maximum absolute atomic E-state index is 11.9. The summed E-state index contributed by atoms with van der Waals surface area (Å²) in [5.74, 6) is 1.65. The van der Waals surface area contributed by atoms with Crippen molar-refractivity contribution in [2.75, 3.05) is 11.1 Å². The zero-order valence-electron chi connectivity index (χ0n) is 8.64. The van der Waals surface area contributed by atoms with Crippen molar-refractivity contribution in [2.45, 2.75) is 17.1 Å². The SMILES string of the molecule is O=S1(=O)N=C(SCC2CC2)Nc2cc(Cl)sc21. The van der Waals surface area contributed by atoms with Gasteiger partial charge in [0.25, 0.3) is 10.0 Å². The number of halogens is 1. The van der Waals surface area contributed by atoms with E-state index >= 15 is 0 Å². The van der Waals surface area contributed by atoms with E-state index in [0.29, 0.717) is 15.2 Å². The van der Waals surface area contributed by atoms with Crippen molar-refractivity contribution in [2.24, 2.45) is 10.3 Å². The van der Waals surface area contributed by atoms with Gasteiger partial charge in [0.05, 0.1) is 10.0 Å². The smallest absolute Gasteiger partial charge is 0.296 e. The highest BCUT2D eigenvalue weighted by atomic mass is 35.5. The van der Waals surface area contributed by atoms with Gasteiger partial charge in [-0.2, -0.15) is 8.42 Å². The Morgan fingerprint density at radius 1 is 1.59 bits per heavy atom. The van der Waals surface area contributed by atoms with Gasteiger partial charge < -0.3 is 5.32 Å². The number of sulfonamides is 1. The molecule has 1 aliphatic carbocycles. The Kier molecular flexibility index (Phi) is 2.89. The number of amidine groups is 1. The summed E-state index contributed by atoms with van der Waals surface area (Å²) in [5, 5.41) is 3.47. The van der Waals surface area contributed by atoms with Crippen LogP contribution in [0.1, 0.15) is 12.8 Å². The average Bonchev–Trinajstić information content (AvgIpc) is 2.97. The van der Waals surface area contributed by atoms with Gasteiger partial charge in [-0.05, 0) is 24.8 Å². The molecule has 1 aliphatic heterocycles. The summed E-state index contributed by atoms with van der Waals surface area (Å²) in [7, 11) is -3.56. The lowest BCUT2D eigenvalue weighted by Crippen LogP contribution is -2.17. The second-order valence-corrected chi connectivity index (χ2v) is 8.49. The molecule has 1 N–H and O–H groups in total. The molecule has 0 radical (unpaired) electrons. The molecular formula is C9H9ClN2O2S3. The molecule has 0 atom stereocenters. The van der Waals surface area contributed by atoms with Gasteiger partial charge in [-0.25, -0.2) is 0 Å². The van der Waals surface area contributed by atoms with Gasteiger partial charge in [0, 0.05) is 5.75 Å². The summed E-state index contributed by atoms with van der Waals surface area (Å²) in [4.78, 5) is 0. The Morgan fingerprint density at radius 2 is 2.35 bits per heavy atom. The molecule has 2 aliphatic rings. The van der Waals surface area contributed by atoms with Gasteiger partial charge in [-0.1, -0.05) is 23.4 Å². The minimum Gasteiger partial charge on any atom is -0.332 e. The van der Waals surface area contributed by atoms with E-state index in [-0.39, 0.29) is 4.21 Å². The van der Waals surface area contributed by atoms with Crippen molar-refractivity contribution in [3.05, 3.63) is 10.4 Å². The maximum Gasteiger partial charge on any atom is 0.296 e. The molecule has 1 fully saturated rings. The summed E-state index contributed by atoms with van der Waals surface area (Å²) in [6.45, 7) is 0. The largest absolute Gasteiger partial charge is 0.332 e. The fraction of sp³-hybridized carbons (Fsp3) is 0.444. The molecule has 17 heavy (non-hydrogen) atoms. The fourth-order valence-corrected chi connectivity index (χ4v) is 5.46. The second-order valence-electron chi connectivity index (χ2n) is 4.00. The molecule has 1 aromatic heterocycles. The molecule has 0 spiro atoms. The molecule has 92 valence electrons. The zero-order valence-corrected chi connectivity index (χ0v) is 11.8. The van der Waals surface area contributed by atoms with E-state index in [1.807, 2.05) is 0 Å². The molecule has 0 bridgehead atoms. The topological polar surface area (TPSA) is 58.5 Å². The Balaban J connectivity index is 1.86.